The van der Waals surface area contributed by atoms with Crippen molar-refractivity contribution in [1.82, 2.24) is 14.7 Å². The van der Waals surface area contributed by atoms with Crippen LogP contribution in [0.1, 0.15) is 28.3 Å². The van der Waals surface area contributed by atoms with Gasteiger partial charge in [0.1, 0.15) is 0 Å². The summed E-state index contributed by atoms with van der Waals surface area (Å²) in [5.74, 6) is 0.305. The molecule has 6 heteroatoms. The van der Waals surface area contributed by atoms with Crippen molar-refractivity contribution in [1.29, 1.82) is 0 Å². The van der Waals surface area contributed by atoms with Crippen molar-refractivity contribution in [2.75, 3.05) is 46.3 Å². The van der Waals surface area contributed by atoms with Gasteiger partial charge in [-0.2, -0.15) is 0 Å². The largest absolute Gasteiger partial charge is 0.338 e. The van der Waals surface area contributed by atoms with Crippen molar-refractivity contribution in [3.63, 3.8) is 0 Å². The molecular weight excluding hydrogens is 405 g/mol. The average molecular weight is 432 g/mol. The van der Waals surface area contributed by atoms with Gasteiger partial charge in [-0.1, -0.05) is 53.5 Å². The molecule has 154 valence electrons. The molecule has 2 atom stereocenters. The first-order valence-corrected chi connectivity index (χ1v) is 11.0. The van der Waals surface area contributed by atoms with Crippen LogP contribution in [0.4, 0.5) is 0 Å². The minimum absolute atomic E-state index is 0.00663. The molecule has 2 saturated heterocycles. The molecule has 4 rings (SSSR count). The number of benzene rings is 2. The second kappa shape index (κ2) is 9.05. The predicted octanol–water partition coefficient (Wildman–Crippen LogP) is 4.24. The van der Waals surface area contributed by atoms with E-state index in [2.05, 4.69) is 41.1 Å². The molecule has 0 radical (unpaired) electrons. The monoisotopic (exact) mass is 431 g/mol. The normalized spacial score (nSPS) is 23.9. The molecular formula is C23H27Cl2N3O. The number of hydrogen-bond acceptors (Lipinski definition) is 3. The summed E-state index contributed by atoms with van der Waals surface area (Å²) in [4.78, 5) is 20.2. The first-order valence-electron chi connectivity index (χ1n) is 10.2. The highest BCUT2D eigenvalue weighted by Gasteiger charge is 2.37. The molecule has 0 saturated carbocycles. The van der Waals surface area contributed by atoms with Crippen LogP contribution < -0.4 is 0 Å². The number of carbonyl (C=O) groups excluding carboxylic acids is 1. The maximum atomic E-state index is 13.2. The molecule has 2 fully saturated rings. The minimum Gasteiger partial charge on any atom is -0.338 e. The van der Waals surface area contributed by atoms with Gasteiger partial charge in [-0.05, 0) is 37.2 Å². The SMILES string of the molecule is CN1CCN(C2CCN(C(=O)c3cc(Cl)cc(Cl)c3)CC2c2ccccc2)CC1. The van der Waals surface area contributed by atoms with E-state index >= 15 is 0 Å². The van der Waals surface area contributed by atoms with Crippen LogP contribution in [-0.2, 0) is 0 Å². The van der Waals surface area contributed by atoms with Crippen LogP contribution in [0, 0.1) is 0 Å². The average Bonchev–Trinajstić information content (AvgIpc) is 2.73. The summed E-state index contributed by atoms with van der Waals surface area (Å²) in [6, 6.07) is 16.1. The molecule has 29 heavy (non-hydrogen) atoms. The van der Waals surface area contributed by atoms with Crippen molar-refractivity contribution in [3.05, 3.63) is 69.7 Å². The molecule has 0 N–H and O–H groups in total. The zero-order chi connectivity index (χ0) is 20.4. The standard InChI is InChI=1S/C23H27Cl2N3O/c1-26-9-11-27(12-10-26)22-7-8-28(16-21(22)17-5-3-2-4-6-17)23(29)18-13-19(24)15-20(25)14-18/h2-6,13-15,21-22H,7-12,16H2,1H3. The third kappa shape index (κ3) is 4.77. The molecule has 0 bridgehead atoms. The Morgan fingerprint density at radius 2 is 1.59 bits per heavy atom. The molecule has 2 aliphatic heterocycles. The maximum Gasteiger partial charge on any atom is 0.253 e. The summed E-state index contributed by atoms with van der Waals surface area (Å²) in [5, 5.41) is 0.987. The molecule has 0 aromatic heterocycles. The number of halogens is 2. The van der Waals surface area contributed by atoms with Crippen molar-refractivity contribution in [3.8, 4) is 0 Å². The first kappa shape index (κ1) is 20.7. The summed E-state index contributed by atoms with van der Waals surface area (Å²) in [7, 11) is 2.18. The quantitative estimate of drug-likeness (QED) is 0.726. The molecule has 2 aromatic carbocycles. The van der Waals surface area contributed by atoms with Crippen molar-refractivity contribution in [2.45, 2.75) is 18.4 Å². The molecule has 2 unspecified atom stereocenters. The summed E-state index contributed by atoms with van der Waals surface area (Å²) in [6.07, 6.45) is 0.976. The molecule has 2 heterocycles. The second-order valence-electron chi connectivity index (χ2n) is 8.12. The van der Waals surface area contributed by atoms with E-state index in [1.54, 1.807) is 18.2 Å². The van der Waals surface area contributed by atoms with E-state index in [1.165, 1.54) is 5.56 Å². The van der Waals surface area contributed by atoms with Gasteiger partial charge in [0.05, 0.1) is 0 Å². The van der Waals surface area contributed by atoms with Gasteiger partial charge in [-0.15, -0.1) is 0 Å². The lowest BCUT2D eigenvalue weighted by molar-refractivity contribution is 0.0427. The highest BCUT2D eigenvalue weighted by atomic mass is 35.5. The van der Waals surface area contributed by atoms with Gasteiger partial charge in [0, 0.05) is 66.8 Å². The van der Waals surface area contributed by atoms with Crippen LogP contribution in [0.25, 0.3) is 0 Å². The fourth-order valence-corrected chi connectivity index (χ4v) is 5.13. The van der Waals surface area contributed by atoms with Crippen LogP contribution >= 0.6 is 23.2 Å². The number of hydrogen-bond donors (Lipinski definition) is 0. The number of piperazine rings is 1. The third-order valence-corrected chi connectivity index (χ3v) is 6.64. The minimum atomic E-state index is 0.00663. The zero-order valence-corrected chi connectivity index (χ0v) is 18.2. The maximum absolute atomic E-state index is 13.2. The number of nitrogens with zero attached hydrogens (tertiary/aromatic N) is 3. The van der Waals surface area contributed by atoms with Crippen LogP contribution in [0.2, 0.25) is 10.0 Å². The topological polar surface area (TPSA) is 26.8 Å². The highest BCUT2D eigenvalue weighted by Crippen LogP contribution is 2.32. The van der Waals surface area contributed by atoms with E-state index in [9.17, 15) is 4.79 Å². The first-order chi connectivity index (χ1) is 14.0. The smallest absolute Gasteiger partial charge is 0.253 e. The van der Waals surface area contributed by atoms with Gasteiger partial charge in [0.25, 0.3) is 5.91 Å². The van der Waals surface area contributed by atoms with Crippen LogP contribution in [-0.4, -0.2) is 73.0 Å². The second-order valence-corrected chi connectivity index (χ2v) is 8.99. The van der Waals surface area contributed by atoms with E-state index < -0.39 is 0 Å². The Balaban J connectivity index is 1.57. The van der Waals surface area contributed by atoms with Crippen LogP contribution in [0.3, 0.4) is 0 Å². The molecule has 2 aromatic rings. The number of amides is 1. The number of likely N-dealkylation sites (tertiary alicyclic amines) is 1. The molecule has 0 aliphatic carbocycles. The van der Waals surface area contributed by atoms with Crippen LogP contribution in [0.15, 0.2) is 48.5 Å². The Hall–Kier alpha value is -1.59. The summed E-state index contributed by atoms with van der Waals surface area (Å²) in [5.41, 5.74) is 1.87. The number of likely N-dealkylation sites (N-methyl/N-ethyl adjacent to an activating group) is 1. The summed E-state index contributed by atoms with van der Waals surface area (Å²) < 4.78 is 0. The van der Waals surface area contributed by atoms with Gasteiger partial charge < -0.3 is 9.80 Å². The van der Waals surface area contributed by atoms with E-state index in [-0.39, 0.29) is 5.91 Å². The third-order valence-electron chi connectivity index (χ3n) is 6.21. The number of piperidine rings is 1. The van der Waals surface area contributed by atoms with E-state index in [4.69, 9.17) is 23.2 Å². The van der Waals surface area contributed by atoms with Gasteiger partial charge in [0.15, 0.2) is 0 Å². The highest BCUT2D eigenvalue weighted by molar-refractivity contribution is 6.35. The summed E-state index contributed by atoms with van der Waals surface area (Å²) in [6.45, 7) is 5.83. The van der Waals surface area contributed by atoms with Gasteiger partial charge >= 0.3 is 0 Å². The van der Waals surface area contributed by atoms with Crippen molar-refractivity contribution < 1.29 is 4.79 Å². The molecule has 4 nitrogen and oxygen atoms in total. The van der Waals surface area contributed by atoms with Crippen LogP contribution in [0.5, 0.6) is 0 Å². The Labute approximate surface area is 183 Å². The summed E-state index contributed by atoms with van der Waals surface area (Å²) >= 11 is 12.3. The molecule has 1 amide bonds. The van der Waals surface area contributed by atoms with E-state index in [1.807, 2.05) is 11.0 Å². The Morgan fingerprint density at radius 1 is 0.931 bits per heavy atom. The lowest BCUT2D eigenvalue weighted by Gasteiger charge is -2.46. The Morgan fingerprint density at radius 3 is 2.24 bits per heavy atom. The van der Waals surface area contributed by atoms with Crippen molar-refractivity contribution >= 4 is 29.1 Å². The van der Waals surface area contributed by atoms with Gasteiger partial charge in [0.2, 0.25) is 0 Å². The fraction of sp³-hybridized carbons (Fsp3) is 0.435. The lowest BCUT2D eigenvalue weighted by Crippen LogP contribution is -2.56. The Kier molecular flexibility index (Phi) is 6.45. The Bertz CT molecular complexity index is 832. The number of carbonyl (C=O) groups is 1. The fourth-order valence-electron chi connectivity index (χ4n) is 4.60. The van der Waals surface area contributed by atoms with E-state index in [0.29, 0.717) is 34.1 Å². The van der Waals surface area contributed by atoms with Gasteiger partial charge in [-0.25, -0.2) is 0 Å². The lowest BCUT2D eigenvalue weighted by atomic mass is 9.84. The van der Waals surface area contributed by atoms with Gasteiger partial charge in [-0.3, -0.25) is 9.69 Å². The van der Waals surface area contributed by atoms with E-state index in [0.717, 1.165) is 39.1 Å². The molecule has 2 aliphatic rings. The number of rotatable bonds is 3. The zero-order valence-electron chi connectivity index (χ0n) is 16.7. The van der Waals surface area contributed by atoms with Crippen molar-refractivity contribution in [2.24, 2.45) is 0 Å². The predicted molar refractivity (Wildman–Crippen MR) is 119 cm³/mol. The molecule has 0 spiro atoms.